The van der Waals surface area contributed by atoms with Crippen LogP contribution >= 0.6 is 0 Å². The van der Waals surface area contributed by atoms with E-state index in [1.165, 1.54) is 0 Å². The second-order valence-electron chi connectivity index (χ2n) is 2.15. The van der Waals surface area contributed by atoms with Crippen molar-refractivity contribution < 1.29 is 15.3 Å². The van der Waals surface area contributed by atoms with Gasteiger partial charge >= 0.3 is 0 Å². The third-order valence-corrected chi connectivity index (χ3v) is 1.24. The van der Waals surface area contributed by atoms with Crippen LogP contribution in [0.2, 0.25) is 0 Å². The van der Waals surface area contributed by atoms with E-state index in [0.717, 1.165) is 0 Å². The third-order valence-electron chi connectivity index (χ3n) is 1.24. The molecular formula is C5H13NO3. The molecule has 0 aromatic rings. The van der Waals surface area contributed by atoms with E-state index >= 15 is 0 Å². The van der Waals surface area contributed by atoms with E-state index < -0.39 is 5.54 Å². The third kappa shape index (κ3) is 2.76. The summed E-state index contributed by atoms with van der Waals surface area (Å²) in [6.07, 6.45) is 0.222. The molecule has 0 rings (SSSR count). The molecule has 5 N–H and O–H groups in total. The molecule has 0 aliphatic carbocycles. The highest BCUT2D eigenvalue weighted by molar-refractivity contribution is 4.81. The van der Waals surface area contributed by atoms with Gasteiger partial charge in [-0.3, -0.25) is 0 Å². The highest BCUT2D eigenvalue weighted by Crippen LogP contribution is 2.02. The van der Waals surface area contributed by atoms with Crippen LogP contribution in [0.25, 0.3) is 0 Å². The van der Waals surface area contributed by atoms with Crippen molar-refractivity contribution in [3.8, 4) is 0 Å². The van der Waals surface area contributed by atoms with Crippen molar-refractivity contribution in [3.63, 3.8) is 0 Å². The lowest BCUT2D eigenvalue weighted by Gasteiger charge is -2.22. The molecule has 0 aromatic heterocycles. The molecule has 0 aliphatic rings. The largest absolute Gasteiger partial charge is 0.396 e. The summed E-state index contributed by atoms with van der Waals surface area (Å²) < 4.78 is 0. The van der Waals surface area contributed by atoms with Crippen molar-refractivity contribution in [1.29, 1.82) is 0 Å². The maximum Gasteiger partial charge on any atom is 0.0645 e. The van der Waals surface area contributed by atoms with Gasteiger partial charge in [-0.15, -0.1) is 0 Å². The molecule has 0 fully saturated rings. The van der Waals surface area contributed by atoms with Gasteiger partial charge < -0.3 is 21.1 Å². The Balaban J connectivity index is 3.62. The van der Waals surface area contributed by atoms with Crippen LogP contribution in [0.3, 0.4) is 0 Å². The van der Waals surface area contributed by atoms with Gasteiger partial charge in [-0.05, 0) is 6.42 Å². The molecule has 0 amide bonds. The summed E-state index contributed by atoms with van der Waals surface area (Å²) in [6.45, 7) is -0.717. The Morgan fingerprint density at radius 2 is 1.56 bits per heavy atom. The minimum atomic E-state index is -1.01. The lowest BCUT2D eigenvalue weighted by molar-refractivity contribution is 0.0967. The molecule has 0 saturated carbocycles. The fourth-order valence-corrected chi connectivity index (χ4v) is 0.431. The van der Waals surface area contributed by atoms with Crippen molar-refractivity contribution in [3.05, 3.63) is 0 Å². The first-order valence-corrected chi connectivity index (χ1v) is 2.80. The van der Waals surface area contributed by atoms with E-state index in [1.807, 2.05) is 0 Å². The van der Waals surface area contributed by atoms with Crippen LogP contribution < -0.4 is 5.73 Å². The second-order valence-corrected chi connectivity index (χ2v) is 2.15. The summed E-state index contributed by atoms with van der Waals surface area (Å²) in [4.78, 5) is 0. The minimum Gasteiger partial charge on any atom is -0.396 e. The maximum atomic E-state index is 8.52. The van der Waals surface area contributed by atoms with Gasteiger partial charge in [-0.25, -0.2) is 0 Å². The van der Waals surface area contributed by atoms with Crippen LogP contribution in [0, 0.1) is 0 Å². The van der Waals surface area contributed by atoms with Crippen molar-refractivity contribution in [2.24, 2.45) is 5.73 Å². The standard InChI is InChI=1S/C5H13NO3/c6-5(3-8,4-9)1-2-7/h7-9H,1-4,6H2. The molecular weight excluding hydrogens is 122 g/mol. The summed E-state index contributed by atoms with van der Waals surface area (Å²) in [5.74, 6) is 0. The zero-order valence-electron chi connectivity index (χ0n) is 5.25. The Morgan fingerprint density at radius 3 is 1.67 bits per heavy atom. The summed E-state index contributed by atoms with van der Waals surface area (Å²) in [6, 6.07) is 0. The van der Waals surface area contributed by atoms with Crippen LogP contribution in [0.5, 0.6) is 0 Å². The average molecular weight is 135 g/mol. The predicted octanol–water partition coefficient (Wildman–Crippen LogP) is -1.95. The number of nitrogens with two attached hydrogens (primary N) is 1. The maximum absolute atomic E-state index is 8.52. The van der Waals surface area contributed by atoms with E-state index in [4.69, 9.17) is 21.1 Å². The number of rotatable bonds is 4. The molecule has 0 aliphatic heterocycles. The van der Waals surface area contributed by atoms with Gasteiger partial charge in [0.25, 0.3) is 0 Å². The molecule has 0 spiro atoms. The molecule has 0 atom stereocenters. The lowest BCUT2D eigenvalue weighted by Crippen LogP contribution is -2.47. The average Bonchev–Trinajstić information content (AvgIpc) is 1.89. The topological polar surface area (TPSA) is 86.7 Å². The van der Waals surface area contributed by atoms with E-state index in [0.29, 0.717) is 0 Å². The fraction of sp³-hybridized carbons (Fsp3) is 1.00. The monoisotopic (exact) mass is 135 g/mol. The quantitative estimate of drug-likeness (QED) is 0.361. The van der Waals surface area contributed by atoms with Crippen LogP contribution in [0.4, 0.5) is 0 Å². The zero-order chi connectivity index (χ0) is 7.33. The molecule has 56 valence electrons. The molecule has 0 radical (unpaired) electrons. The molecule has 0 bridgehead atoms. The minimum absolute atomic E-state index is 0.113. The molecule has 0 heterocycles. The van der Waals surface area contributed by atoms with E-state index in [-0.39, 0.29) is 26.2 Å². The van der Waals surface area contributed by atoms with Gasteiger partial charge in [0, 0.05) is 6.61 Å². The van der Waals surface area contributed by atoms with E-state index in [9.17, 15) is 0 Å². The number of hydrogen-bond acceptors (Lipinski definition) is 4. The molecule has 0 saturated heterocycles. The van der Waals surface area contributed by atoms with Crippen LogP contribution in [0.15, 0.2) is 0 Å². The normalized spacial score (nSPS) is 12.0. The highest BCUT2D eigenvalue weighted by Gasteiger charge is 2.21. The van der Waals surface area contributed by atoms with Crippen molar-refractivity contribution in [2.75, 3.05) is 19.8 Å². The highest BCUT2D eigenvalue weighted by atomic mass is 16.3. The summed E-state index contributed by atoms with van der Waals surface area (Å²) in [5, 5.41) is 25.4. The Labute approximate surface area is 53.9 Å². The molecule has 4 heteroatoms. The van der Waals surface area contributed by atoms with E-state index in [1.54, 1.807) is 0 Å². The number of aliphatic hydroxyl groups is 3. The second kappa shape index (κ2) is 3.79. The van der Waals surface area contributed by atoms with Crippen molar-refractivity contribution in [2.45, 2.75) is 12.0 Å². The summed E-state index contributed by atoms with van der Waals surface area (Å²) in [7, 11) is 0. The molecule has 0 aromatic carbocycles. The van der Waals surface area contributed by atoms with Crippen molar-refractivity contribution >= 4 is 0 Å². The van der Waals surface area contributed by atoms with Gasteiger partial charge in [0.15, 0.2) is 0 Å². The van der Waals surface area contributed by atoms with Gasteiger partial charge in [-0.2, -0.15) is 0 Å². The summed E-state index contributed by atoms with van der Waals surface area (Å²) >= 11 is 0. The SMILES string of the molecule is NC(CO)(CO)CCO. The Morgan fingerprint density at radius 1 is 1.11 bits per heavy atom. The van der Waals surface area contributed by atoms with Gasteiger partial charge in [0.2, 0.25) is 0 Å². The first-order chi connectivity index (χ1) is 4.18. The Kier molecular flexibility index (Phi) is 3.72. The van der Waals surface area contributed by atoms with Crippen LogP contribution in [0.1, 0.15) is 6.42 Å². The van der Waals surface area contributed by atoms with Crippen LogP contribution in [-0.4, -0.2) is 40.7 Å². The molecule has 9 heavy (non-hydrogen) atoms. The predicted molar refractivity (Wildman–Crippen MR) is 32.8 cm³/mol. The molecule has 4 nitrogen and oxygen atoms in total. The lowest BCUT2D eigenvalue weighted by atomic mass is 10.00. The van der Waals surface area contributed by atoms with Crippen LogP contribution in [-0.2, 0) is 0 Å². The zero-order valence-corrected chi connectivity index (χ0v) is 5.25. The first kappa shape index (κ1) is 8.84. The number of aliphatic hydroxyl groups excluding tert-OH is 3. The first-order valence-electron chi connectivity index (χ1n) is 2.80. The van der Waals surface area contributed by atoms with E-state index in [2.05, 4.69) is 0 Å². The number of hydrogen-bond donors (Lipinski definition) is 4. The molecule has 0 unspecified atom stereocenters. The van der Waals surface area contributed by atoms with Gasteiger partial charge in [0.1, 0.15) is 0 Å². The van der Waals surface area contributed by atoms with Gasteiger partial charge in [0.05, 0.1) is 18.8 Å². The Bertz CT molecular complexity index is 72.6. The fourth-order valence-electron chi connectivity index (χ4n) is 0.431. The van der Waals surface area contributed by atoms with Gasteiger partial charge in [-0.1, -0.05) is 0 Å². The van der Waals surface area contributed by atoms with Crippen molar-refractivity contribution in [1.82, 2.24) is 0 Å². The summed E-state index contributed by atoms with van der Waals surface area (Å²) in [5.41, 5.74) is 4.34. The Hall–Kier alpha value is -0.160. The smallest absolute Gasteiger partial charge is 0.0645 e.